The Morgan fingerprint density at radius 3 is 2.83 bits per heavy atom. The summed E-state index contributed by atoms with van der Waals surface area (Å²) in [7, 11) is 0. The van der Waals surface area contributed by atoms with Gasteiger partial charge in [0.15, 0.2) is 5.16 Å². The van der Waals surface area contributed by atoms with Gasteiger partial charge >= 0.3 is 0 Å². The Bertz CT molecular complexity index is 764. The van der Waals surface area contributed by atoms with Crippen molar-refractivity contribution in [2.45, 2.75) is 44.3 Å². The van der Waals surface area contributed by atoms with Crippen LogP contribution in [0.3, 0.4) is 0 Å². The molecule has 1 aliphatic carbocycles. The minimum absolute atomic E-state index is 0.0376. The Balaban J connectivity index is 1.61. The summed E-state index contributed by atoms with van der Waals surface area (Å²) in [5.41, 5.74) is 3.21. The molecule has 0 unspecified atom stereocenters. The molecule has 1 N–H and O–H groups in total. The van der Waals surface area contributed by atoms with Crippen molar-refractivity contribution < 1.29 is 4.79 Å². The molecule has 1 fully saturated rings. The molecule has 24 heavy (non-hydrogen) atoms. The summed E-state index contributed by atoms with van der Waals surface area (Å²) in [5, 5.41) is 12.3. The fourth-order valence-corrected chi connectivity index (χ4v) is 3.25. The van der Waals surface area contributed by atoms with Crippen LogP contribution < -0.4 is 5.32 Å². The first-order chi connectivity index (χ1) is 11.6. The van der Waals surface area contributed by atoms with Crippen LogP contribution in [0, 0.1) is 13.8 Å². The van der Waals surface area contributed by atoms with Crippen LogP contribution in [0.2, 0.25) is 0 Å². The van der Waals surface area contributed by atoms with E-state index in [2.05, 4.69) is 33.6 Å². The molecule has 0 bridgehead atoms. The lowest BCUT2D eigenvalue weighted by molar-refractivity contribution is -0.113. The molecular weight excluding hydrogens is 320 g/mol. The molecule has 6 heteroatoms. The quantitative estimate of drug-likeness (QED) is 0.616. The van der Waals surface area contributed by atoms with Gasteiger partial charge in [0.05, 0.1) is 5.75 Å². The first-order valence-electron chi connectivity index (χ1n) is 8.12. The molecule has 0 spiro atoms. The molecule has 0 aliphatic heterocycles. The number of aryl methyl sites for hydroxylation is 2. The fourth-order valence-electron chi connectivity index (χ4n) is 2.50. The van der Waals surface area contributed by atoms with Gasteiger partial charge in [0.1, 0.15) is 5.82 Å². The predicted octanol–water partition coefficient (Wildman–Crippen LogP) is 3.69. The van der Waals surface area contributed by atoms with Gasteiger partial charge in [-0.15, -0.1) is 16.8 Å². The Morgan fingerprint density at radius 2 is 2.17 bits per heavy atom. The second-order valence-electron chi connectivity index (χ2n) is 6.15. The molecule has 1 saturated carbocycles. The first-order valence-corrected chi connectivity index (χ1v) is 9.11. The molecule has 126 valence electrons. The summed E-state index contributed by atoms with van der Waals surface area (Å²) in [5.74, 6) is 1.82. The number of allylic oxidation sites excluding steroid dienone is 1. The Morgan fingerprint density at radius 1 is 1.38 bits per heavy atom. The second kappa shape index (κ2) is 7.21. The SMILES string of the molecule is C=CCn1c(SCC(=O)Nc2ccc(C)c(C)c2)nnc1C1CC1. The molecule has 1 heterocycles. The Hall–Kier alpha value is -2.08. The Kier molecular flexibility index (Phi) is 5.04. The highest BCUT2D eigenvalue weighted by molar-refractivity contribution is 7.99. The van der Waals surface area contributed by atoms with Crippen LogP contribution >= 0.6 is 11.8 Å². The van der Waals surface area contributed by atoms with Gasteiger partial charge in [-0.1, -0.05) is 23.9 Å². The van der Waals surface area contributed by atoms with Crippen molar-refractivity contribution in [2.24, 2.45) is 0 Å². The summed E-state index contributed by atoms with van der Waals surface area (Å²) in [6.07, 6.45) is 4.19. The normalized spacial score (nSPS) is 13.8. The van der Waals surface area contributed by atoms with E-state index in [-0.39, 0.29) is 5.91 Å². The van der Waals surface area contributed by atoms with Gasteiger partial charge in [-0.05, 0) is 49.9 Å². The molecule has 5 nitrogen and oxygen atoms in total. The van der Waals surface area contributed by atoms with Gasteiger partial charge in [-0.3, -0.25) is 4.79 Å². The van der Waals surface area contributed by atoms with E-state index in [1.54, 1.807) is 0 Å². The van der Waals surface area contributed by atoms with Crippen molar-refractivity contribution in [3.63, 3.8) is 0 Å². The third-order valence-corrected chi connectivity index (χ3v) is 5.09. The number of hydrogen-bond acceptors (Lipinski definition) is 4. The average Bonchev–Trinajstić information content (AvgIpc) is 3.32. The van der Waals surface area contributed by atoms with Crippen LogP contribution in [0.1, 0.15) is 35.7 Å². The van der Waals surface area contributed by atoms with E-state index in [4.69, 9.17) is 0 Å². The van der Waals surface area contributed by atoms with Crippen molar-refractivity contribution in [3.8, 4) is 0 Å². The topological polar surface area (TPSA) is 59.8 Å². The number of hydrogen-bond donors (Lipinski definition) is 1. The van der Waals surface area contributed by atoms with E-state index in [0.717, 1.165) is 16.7 Å². The van der Waals surface area contributed by atoms with Gasteiger partial charge in [0.2, 0.25) is 5.91 Å². The number of aromatic nitrogens is 3. The van der Waals surface area contributed by atoms with Crippen molar-refractivity contribution in [3.05, 3.63) is 47.8 Å². The van der Waals surface area contributed by atoms with Gasteiger partial charge in [0, 0.05) is 18.2 Å². The molecule has 1 aliphatic rings. The van der Waals surface area contributed by atoms with Crippen LogP contribution in [-0.2, 0) is 11.3 Å². The zero-order chi connectivity index (χ0) is 17.1. The second-order valence-corrected chi connectivity index (χ2v) is 7.09. The molecule has 1 amide bonds. The van der Waals surface area contributed by atoms with Crippen LogP contribution in [0.15, 0.2) is 36.0 Å². The number of carbonyl (C=O) groups excluding carboxylic acids is 1. The lowest BCUT2D eigenvalue weighted by Gasteiger charge is -2.08. The number of rotatable bonds is 7. The minimum atomic E-state index is -0.0376. The predicted molar refractivity (Wildman–Crippen MR) is 97.5 cm³/mol. The van der Waals surface area contributed by atoms with E-state index < -0.39 is 0 Å². The standard InChI is InChI=1S/C18H22N4OS/c1-4-9-22-17(14-6-7-14)20-21-18(22)24-11-16(23)19-15-8-5-12(2)13(3)10-15/h4-5,8,10,14H,1,6-7,9,11H2,2-3H3,(H,19,23). The number of anilines is 1. The van der Waals surface area contributed by atoms with Crippen LogP contribution in [0.4, 0.5) is 5.69 Å². The molecule has 2 aromatic rings. The molecule has 1 aromatic carbocycles. The number of thioether (sulfide) groups is 1. The molecule has 0 atom stereocenters. The number of benzene rings is 1. The van der Waals surface area contributed by atoms with Crippen molar-refractivity contribution in [2.75, 3.05) is 11.1 Å². The van der Waals surface area contributed by atoms with Crippen LogP contribution in [-0.4, -0.2) is 26.4 Å². The van der Waals surface area contributed by atoms with Gasteiger partial charge in [0.25, 0.3) is 0 Å². The Labute approximate surface area is 146 Å². The summed E-state index contributed by atoms with van der Waals surface area (Å²) >= 11 is 1.42. The van der Waals surface area contributed by atoms with Crippen LogP contribution in [0.25, 0.3) is 0 Å². The highest BCUT2D eigenvalue weighted by Gasteiger charge is 2.30. The average molecular weight is 342 g/mol. The highest BCUT2D eigenvalue weighted by Crippen LogP contribution is 2.40. The van der Waals surface area contributed by atoms with Gasteiger partial charge < -0.3 is 9.88 Å². The zero-order valence-electron chi connectivity index (χ0n) is 14.1. The maximum Gasteiger partial charge on any atom is 0.234 e. The monoisotopic (exact) mass is 342 g/mol. The maximum absolute atomic E-state index is 12.2. The largest absolute Gasteiger partial charge is 0.325 e. The van der Waals surface area contributed by atoms with E-state index in [0.29, 0.717) is 18.2 Å². The third-order valence-electron chi connectivity index (χ3n) is 4.12. The minimum Gasteiger partial charge on any atom is -0.325 e. The van der Waals surface area contributed by atoms with Gasteiger partial charge in [-0.2, -0.15) is 0 Å². The van der Waals surface area contributed by atoms with Gasteiger partial charge in [-0.25, -0.2) is 0 Å². The third kappa shape index (κ3) is 3.87. The summed E-state index contributed by atoms with van der Waals surface area (Å²) in [6.45, 7) is 8.57. The van der Waals surface area contributed by atoms with E-state index in [1.807, 2.05) is 31.2 Å². The van der Waals surface area contributed by atoms with E-state index in [1.165, 1.54) is 35.7 Å². The number of carbonyl (C=O) groups is 1. The number of nitrogens with one attached hydrogen (secondary N) is 1. The molecule has 3 rings (SSSR count). The fraction of sp³-hybridized carbons (Fsp3) is 0.389. The molecule has 1 aromatic heterocycles. The van der Waals surface area contributed by atoms with Crippen LogP contribution in [0.5, 0.6) is 0 Å². The first kappa shape index (κ1) is 16.8. The maximum atomic E-state index is 12.2. The lowest BCUT2D eigenvalue weighted by atomic mass is 10.1. The smallest absolute Gasteiger partial charge is 0.234 e. The number of nitrogens with zero attached hydrogens (tertiary/aromatic N) is 3. The zero-order valence-corrected chi connectivity index (χ0v) is 14.9. The summed E-state index contributed by atoms with van der Waals surface area (Å²) < 4.78 is 2.07. The number of amides is 1. The highest BCUT2D eigenvalue weighted by atomic mass is 32.2. The van der Waals surface area contributed by atoms with Crippen molar-refractivity contribution >= 4 is 23.4 Å². The molecule has 0 radical (unpaired) electrons. The van der Waals surface area contributed by atoms with E-state index >= 15 is 0 Å². The molecular formula is C18H22N4OS. The van der Waals surface area contributed by atoms with Crippen molar-refractivity contribution in [1.29, 1.82) is 0 Å². The van der Waals surface area contributed by atoms with E-state index in [9.17, 15) is 4.79 Å². The van der Waals surface area contributed by atoms with Crippen molar-refractivity contribution in [1.82, 2.24) is 14.8 Å². The lowest BCUT2D eigenvalue weighted by Crippen LogP contribution is -2.15. The summed E-state index contributed by atoms with van der Waals surface area (Å²) in [4.78, 5) is 12.2. The molecule has 0 saturated heterocycles. The summed E-state index contributed by atoms with van der Waals surface area (Å²) in [6, 6.07) is 5.93.